The van der Waals surface area contributed by atoms with Gasteiger partial charge in [0.25, 0.3) is 0 Å². The number of piperidine rings is 2. The van der Waals surface area contributed by atoms with Gasteiger partial charge in [0.1, 0.15) is 0 Å². The number of nitrogens with zero attached hydrogens (tertiary/aromatic N) is 4. The lowest BCUT2D eigenvalue weighted by molar-refractivity contribution is -0.0688. The zero-order chi connectivity index (χ0) is 20.9. The van der Waals surface area contributed by atoms with Crippen molar-refractivity contribution < 1.29 is 0 Å². The fourth-order valence-electron chi connectivity index (χ4n) is 6.63. The first kappa shape index (κ1) is 22.0. The molecular formula is C25H48N4. The predicted molar refractivity (Wildman–Crippen MR) is 124 cm³/mol. The molecule has 0 aromatic carbocycles. The summed E-state index contributed by atoms with van der Waals surface area (Å²) < 4.78 is 0. The van der Waals surface area contributed by atoms with Crippen LogP contribution in [0.25, 0.3) is 0 Å². The number of piperazine rings is 1. The summed E-state index contributed by atoms with van der Waals surface area (Å²) in [5.74, 6) is 0. The van der Waals surface area contributed by atoms with E-state index >= 15 is 0 Å². The van der Waals surface area contributed by atoms with Gasteiger partial charge in [-0.1, -0.05) is 0 Å². The maximum Gasteiger partial charge on any atom is 0.0126 e. The van der Waals surface area contributed by atoms with Gasteiger partial charge in [0.05, 0.1) is 0 Å². The molecule has 0 unspecified atom stereocenters. The van der Waals surface area contributed by atoms with Crippen molar-refractivity contribution in [3.8, 4) is 0 Å². The Kier molecular flexibility index (Phi) is 6.14. The largest absolute Gasteiger partial charge is 0.300 e. The molecule has 29 heavy (non-hydrogen) atoms. The van der Waals surface area contributed by atoms with Gasteiger partial charge >= 0.3 is 0 Å². The minimum Gasteiger partial charge on any atom is -0.300 e. The van der Waals surface area contributed by atoms with Gasteiger partial charge in [-0.3, -0.25) is 14.7 Å². The van der Waals surface area contributed by atoms with Crippen molar-refractivity contribution in [2.45, 2.75) is 103 Å². The molecule has 1 aliphatic carbocycles. The number of rotatable bonds is 2. The van der Waals surface area contributed by atoms with Crippen molar-refractivity contribution >= 4 is 0 Å². The van der Waals surface area contributed by atoms with Gasteiger partial charge in [-0.05, 0) is 112 Å². The summed E-state index contributed by atoms with van der Waals surface area (Å²) in [4.78, 5) is 11.0. The average Bonchev–Trinajstić information content (AvgIpc) is 2.65. The average molecular weight is 405 g/mol. The fourth-order valence-corrected chi connectivity index (χ4v) is 6.63. The molecule has 4 fully saturated rings. The van der Waals surface area contributed by atoms with E-state index in [-0.39, 0.29) is 0 Å². The van der Waals surface area contributed by atoms with Crippen LogP contribution in [0.5, 0.6) is 0 Å². The highest BCUT2D eigenvalue weighted by Crippen LogP contribution is 2.52. The van der Waals surface area contributed by atoms with Gasteiger partial charge in [-0.2, -0.15) is 0 Å². The molecular weight excluding hydrogens is 356 g/mol. The highest BCUT2D eigenvalue weighted by Gasteiger charge is 2.49. The molecule has 3 saturated heterocycles. The molecule has 4 nitrogen and oxygen atoms in total. The molecule has 0 aromatic rings. The third-order valence-corrected chi connectivity index (χ3v) is 8.90. The Morgan fingerprint density at radius 3 is 1.48 bits per heavy atom. The summed E-state index contributed by atoms with van der Waals surface area (Å²) in [6.45, 7) is 24.6. The Hall–Kier alpha value is -0.160. The summed E-state index contributed by atoms with van der Waals surface area (Å²) in [6, 6.07) is 1.74. The Morgan fingerprint density at radius 2 is 1.00 bits per heavy atom. The second-order valence-corrected chi connectivity index (χ2v) is 12.7. The molecule has 4 rings (SSSR count). The van der Waals surface area contributed by atoms with Crippen LogP contribution < -0.4 is 0 Å². The van der Waals surface area contributed by atoms with E-state index in [1.807, 2.05) is 0 Å². The first-order valence-corrected chi connectivity index (χ1v) is 12.5. The van der Waals surface area contributed by atoms with E-state index < -0.39 is 0 Å². The fraction of sp³-hybridized carbons (Fsp3) is 1.00. The molecule has 1 spiro atoms. The third kappa shape index (κ3) is 4.86. The van der Waals surface area contributed by atoms with E-state index in [9.17, 15) is 0 Å². The minimum absolute atomic E-state index is 0.332. The van der Waals surface area contributed by atoms with Crippen LogP contribution >= 0.6 is 0 Å². The summed E-state index contributed by atoms with van der Waals surface area (Å²) in [5, 5.41) is 0. The van der Waals surface area contributed by atoms with Gasteiger partial charge < -0.3 is 4.90 Å². The molecule has 0 aromatic heterocycles. The maximum atomic E-state index is 2.86. The molecule has 0 amide bonds. The quantitative estimate of drug-likeness (QED) is 0.692. The van der Waals surface area contributed by atoms with Crippen LogP contribution in [0.4, 0.5) is 0 Å². The summed E-state index contributed by atoms with van der Waals surface area (Å²) in [6.07, 6.45) is 8.65. The number of hydrogen-bond donors (Lipinski definition) is 0. The highest BCUT2D eigenvalue weighted by atomic mass is 15.3. The Bertz CT molecular complexity index is 528. The highest BCUT2D eigenvalue weighted by molar-refractivity contribution is 5.03. The molecule has 3 aliphatic heterocycles. The van der Waals surface area contributed by atoms with Gasteiger partial charge in [-0.25, -0.2) is 0 Å². The maximum absolute atomic E-state index is 2.86. The standard InChI is InChI=1S/C25H48N4/c1-23(2,3)28-13-9-25(10-14-28)19-22(20-25)26-11-7-21(8-12-26)27-15-17-29(18-16-27)24(4,5)6/h21-22H,7-20H2,1-6H3. The smallest absolute Gasteiger partial charge is 0.0126 e. The van der Waals surface area contributed by atoms with E-state index in [4.69, 9.17) is 0 Å². The van der Waals surface area contributed by atoms with Crippen molar-refractivity contribution in [3.05, 3.63) is 0 Å². The van der Waals surface area contributed by atoms with Gasteiger partial charge in [0.2, 0.25) is 0 Å². The Labute approximate surface area is 181 Å². The van der Waals surface area contributed by atoms with Crippen molar-refractivity contribution in [2.24, 2.45) is 5.41 Å². The van der Waals surface area contributed by atoms with Gasteiger partial charge in [0.15, 0.2) is 0 Å². The summed E-state index contributed by atoms with van der Waals surface area (Å²) >= 11 is 0. The molecule has 0 bridgehead atoms. The van der Waals surface area contributed by atoms with Crippen molar-refractivity contribution in [1.82, 2.24) is 19.6 Å². The van der Waals surface area contributed by atoms with Gasteiger partial charge in [0, 0.05) is 49.3 Å². The lowest BCUT2D eigenvalue weighted by atomic mass is 9.59. The van der Waals surface area contributed by atoms with Crippen LogP contribution in [0.15, 0.2) is 0 Å². The SMILES string of the molecule is CC(C)(C)N1CCN(C2CCN(C3CC4(CCN(C(C)(C)C)CC4)C3)CC2)CC1. The molecule has 0 atom stereocenters. The number of hydrogen-bond acceptors (Lipinski definition) is 4. The Balaban J connectivity index is 1.18. The first-order valence-electron chi connectivity index (χ1n) is 12.5. The summed E-state index contributed by atoms with van der Waals surface area (Å²) in [7, 11) is 0. The van der Waals surface area contributed by atoms with E-state index in [0.29, 0.717) is 16.5 Å². The van der Waals surface area contributed by atoms with E-state index in [0.717, 1.165) is 12.1 Å². The lowest BCUT2D eigenvalue weighted by Gasteiger charge is -2.57. The Morgan fingerprint density at radius 1 is 0.552 bits per heavy atom. The molecule has 0 radical (unpaired) electrons. The van der Waals surface area contributed by atoms with E-state index in [1.165, 1.54) is 90.9 Å². The second kappa shape index (κ2) is 8.07. The summed E-state index contributed by atoms with van der Waals surface area (Å²) in [5.41, 5.74) is 1.39. The van der Waals surface area contributed by atoms with Crippen molar-refractivity contribution in [3.63, 3.8) is 0 Å². The van der Waals surface area contributed by atoms with E-state index in [2.05, 4.69) is 61.1 Å². The molecule has 4 heteroatoms. The van der Waals surface area contributed by atoms with Crippen LogP contribution in [-0.4, -0.2) is 95.1 Å². The molecule has 1 saturated carbocycles. The van der Waals surface area contributed by atoms with Crippen LogP contribution in [0.2, 0.25) is 0 Å². The minimum atomic E-state index is 0.332. The molecule has 4 aliphatic rings. The third-order valence-electron chi connectivity index (χ3n) is 8.90. The van der Waals surface area contributed by atoms with Crippen molar-refractivity contribution in [2.75, 3.05) is 52.4 Å². The van der Waals surface area contributed by atoms with Crippen LogP contribution in [0.1, 0.15) is 80.1 Å². The normalized spacial score (nSPS) is 30.0. The second-order valence-electron chi connectivity index (χ2n) is 12.7. The zero-order valence-electron chi connectivity index (χ0n) is 20.3. The van der Waals surface area contributed by atoms with Gasteiger partial charge in [-0.15, -0.1) is 0 Å². The number of likely N-dealkylation sites (tertiary alicyclic amines) is 2. The molecule has 0 N–H and O–H groups in total. The van der Waals surface area contributed by atoms with E-state index in [1.54, 1.807) is 0 Å². The predicted octanol–water partition coefficient (Wildman–Crippen LogP) is 3.91. The molecule has 3 heterocycles. The monoisotopic (exact) mass is 404 g/mol. The van der Waals surface area contributed by atoms with Crippen LogP contribution in [0, 0.1) is 5.41 Å². The molecule has 168 valence electrons. The van der Waals surface area contributed by atoms with Crippen molar-refractivity contribution in [1.29, 1.82) is 0 Å². The lowest BCUT2D eigenvalue weighted by Crippen LogP contribution is -2.60. The first-order chi connectivity index (χ1) is 13.6. The topological polar surface area (TPSA) is 13.0 Å². The van der Waals surface area contributed by atoms with Crippen LogP contribution in [0.3, 0.4) is 0 Å². The zero-order valence-corrected chi connectivity index (χ0v) is 20.3. The van der Waals surface area contributed by atoms with Crippen LogP contribution in [-0.2, 0) is 0 Å².